The van der Waals surface area contributed by atoms with Crippen molar-refractivity contribution in [1.29, 1.82) is 0 Å². The number of hydrogen-bond donors (Lipinski definition) is 0. The van der Waals surface area contributed by atoms with Crippen molar-refractivity contribution in [2.75, 3.05) is 6.61 Å². The predicted molar refractivity (Wildman–Crippen MR) is 60.6 cm³/mol. The van der Waals surface area contributed by atoms with Crippen LogP contribution in [-0.4, -0.2) is 12.2 Å². The lowest BCUT2D eigenvalue weighted by Crippen LogP contribution is -2.32. The van der Waals surface area contributed by atoms with Crippen molar-refractivity contribution in [3.63, 3.8) is 0 Å². The van der Waals surface area contributed by atoms with Crippen LogP contribution in [-0.2, 0) is 6.42 Å². The number of aryl methyl sites for hydroxylation is 1. The maximum Gasteiger partial charge on any atom is 0.123 e. The van der Waals surface area contributed by atoms with E-state index in [0.717, 1.165) is 24.3 Å². The van der Waals surface area contributed by atoms with Crippen LogP contribution in [0.1, 0.15) is 32.8 Å². The van der Waals surface area contributed by atoms with Crippen molar-refractivity contribution >= 4 is 0 Å². The summed E-state index contributed by atoms with van der Waals surface area (Å²) in [5.74, 6) is 1.95. The highest BCUT2D eigenvalue weighted by atomic mass is 16.5. The van der Waals surface area contributed by atoms with E-state index in [2.05, 4.69) is 19.9 Å². The van der Waals surface area contributed by atoms with Crippen molar-refractivity contribution in [2.24, 2.45) is 0 Å². The van der Waals surface area contributed by atoms with Gasteiger partial charge in [0, 0.05) is 0 Å². The third-order valence-electron chi connectivity index (χ3n) is 2.73. The molecule has 0 unspecified atom stereocenters. The molecule has 1 aliphatic rings. The summed E-state index contributed by atoms with van der Waals surface area (Å²) < 4.78 is 11.4. The van der Waals surface area contributed by atoms with Gasteiger partial charge in [0.2, 0.25) is 0 Å². The Morgan fingerprint density at radius 1 is 1.40 bits per heavy atom. The zero-order chi connectivity index (χ0) is 10.9. The van der Waals surface area contributed by atoms with E-state index in [0.29, 0.717) is 6.61 Å². The van der Waals surface area contributed by atoms with Gasteiger partial charge in [0.15, 0.2) is 0 Å². The molecule has 0 spiro atoms. The Labute approximate surface area is 91.2 Å². The van der Waals surface area contributed by atoms with Gasteiger partial charge in [-0.25, -0.2) is 0 Å². The maximum atomic E-state index is 5.90. The van der Waals surface area contributed by atoms with E-state index in [1.807, 2.05) is 19.1 Å². The molecule has 0 bridgehead atoms. The molecule has 0 fully saturated rings. The molecule has 15 heavy (non-hydrogen) atoms. The van der Waals surface area contributed by atoms with Crippen LogP contribution in [0.4, 0.5) is 0 Å². The van der Waals surface area contributed by atoms with Crippen molar-refractivity contribution in [3.05, 3.63) is 23.8 Å². The summed E-state index contributed by atoms with van der Waals surface area (Å²) in [6.45, 7) is 6.98. The molecule has 1 heterocycles. The molecule has 0 saturated heterocycles. The van der Waals surface area contributed by atoms with Crippen LogP contribution in [0, 0.1) is 0 Å². The van der Waals surface area contributed by atoms with Gasteiger partial charge < -0.3 is 9.47 Å². The minimum atomic E-state index is -0.0276. The minimum Gasteiger partial charge on any atom is -0.494 e. The average Bonchev–Trinajstić information content (AvgIpc) is 2.18. The molecule has 82 valence electrons. The fourth-order valence-electron chi connectivity index (χ4n) is 1.89. The molecule has 2 rings (SSSR count). The van der Waals surface area contributed by atoms with Crippen LogP contribution >= 0.6 is 0 Å². The minimum absolute atomic E-state index is 0.0276. The smallest absolute Gasteiger partial charge is 0.123 e. The number of ether oxygens (including phenoxy) is 2. The Bertz CT molecular complexity index is 356. The van der Waals surface area contributed by atoms with E-state index < -0.39 is 0 Å². The average molecular weight is 206 g/mol. The number of rotatable bonds is 2. The first kappa shape index (κ1) is 10.3. The summed E-state index contributed by atoms with van der Waals surface area (Å²) in [4.78, 5) is 0. The van der Waals surface area contributed by atoms with Crippen molar-refractivity contribution in [3.8, 4) is 11.5 Å². The quantitative estimate of drug-likeness (QED) is 0.739. The third-order valence-corrected chi connectivity index (χ3v) is 2.73. The monoisotopic (exact) mass is 206 g/mol. The largest absolute Gasteiger partial charge is 0.494 e. The molecule has 0 aliphatic carbocycles. The van der Waals surface area contributed by atoms with Crippen LogP contribution in [0.25, 0.3) is 0 Å². The summed E-state index contributed by atoms with van der Waals surface area (Å²) in [6, 6.07) is 6.08. The molecule has 1 aromatic rings. The van der Waals surface area contributed by atoms with Gasteiger partial charge in [-0.1, -0.05) is 0 Å². The standard InChI is InChI=1S/C13H18O2/c1-4-14-11-5-6-12-10(9-11)7-8-13(2,3)15-12/h5-6,9H,4,7-8H2,1-3H3. The number of fused-ring (bicyclic) bond motifs is 1. The van der Waals surface area contributed by atoms with Gasteiger partial charge in [-0.3, -0.25) is 0 Å². The van der Waals surface area contributed by atoms with E-state index in [9.17, 15) is 0 Å². The Kier molecular flexibility index (Phi) is 2.59. The van der Waals surface area contributed by atoms with Gasteiger partial charge in [-0.15, -0.1) is 0 Å². The highest BCUT2D eigenvalue weighted by molar-refractivity contribution is 5.42. The highest BCUT2D eigenvalue weighted by Gasteiger charge is 2.26. The topological polar surface area (TPSA) is 18.5 Å². The Morgan fingerprint density at radius 3 is 2.93 bits per heavy atom. The van der Waals surface area contributed by atoms with Crippen LogP contribution in [0.5, 0.6) is 11.5 Å². The van der Waals surface area contributed by atoms with E-state index in [1.54, 1.807) is 0 Å². The molecule has 1 aliphatic heterocycles. The van der Waals surface area contributed by atoms with Gasteiger partial charge in [-0.05, 0) is 57.4 Å². The van der Waals surface area contributed by atoms with Crippen LogP contribution in [0.3, 0.4) is 0 Å². The lowest BCUT2D eigenvalue weighted by molar-refractivity contribution is 0.0845. The van der Waals surface area contributed by atoms with E-state index in [-0.39, 0.29) is 5.60 Å². The maximum absolute atomic E-state index is 5.90. The molecule has 0 amide bonds. The first-order valence-corrected chi connectivity index (χ1v) is 5.55. The van der Waals surface area contributed by atoms with Crippen molar-refractivity contribution < 1.29 is 9.47 Å². The first-order valence-electron chi connectivity index (χ1n) is 5.55. The van der Waals surface area contributed by atoms with E-state index in [1.165, 1.54) is 5.56 Å². The Balaban J connectivity index is 2.24. The number of hydrogen-bond acceptors (Lipinski definition) is 2. The predicted octanol–water partition coefficient (Wildman–Crippen LogP) is 3.19. The summed E-state index contributed by atoms with van der Waals surface area (Å²) in [5, 5.41) is 0. The molecular formula is C13H18O2. The van der Waals surface area contributed by atoms with Gasteiger partial charge in [-0.2, -0.15) is 0 Å². The number of benzene rings is 1. The van der Waals surface area contributed by atoms with Gasteiger partial charge in [0.05, 0.1) is 6.61 Å². The van der Waals surface area contributed by atoms with Gasteiger partial charge >= 0.3 is 0 Å². The molecule has 2 nitrogen and oxygen atoms in total. The molecule has 0 N–H and O–H groups in total. The Hall–Kier alpha value is -1.18. The SMILES string of the molecule is CCOc1ccc2c(c1)CCC(C)(C)O2. The van der Waals surface area contributed by atoms with Gasteiger partial charge in [0.1, 0.15) is 17.1 Å². The van der Waals surface area contributed by atoms with Crippen molar-refractivity contribution in [2.45, 2.75) is 39.2 Å². The van der Waals surface area contributed by atoms with Gasteiger partial charge in [0.25, 0.3) is 0 Å². The molecule has 0 radical (unpaired) electrons. The second-order valence-electron chi connectivity index (χ2n) is 4.56. The normalized spacial score (nSPS) is 17.8. The fourth-order valence-corrected chi connectivity index (χ4v) is 1.89. The highest BCUT2D eigenvalue weighted by Crippen LogP contribution is 2.34. The van der Waals surface area contributed by atoms with Crippen LogP contribution in [0.15, 0.2) is 18.2 Å². The fraction of sp³-hybridized carbons (Fsp3) is 0.538. The molecule has 1 aromatic carbocycles. The zero-order valence-electron chi connectivity index (χ0n) is 9.67. The summed E-state index contributed by atoms with van der Waals surface area (Å²) in [5.41, 5.74) is 1.24. The Morgan fingerprint density at radius 2 is 2.20 bits per heavy atom. The van der Waals surface area contributed by atoms with Crippen LogP contribution in [0.2, 0.25) is 0 Å². The molecule has 0 atom stereocenters. The summed E-state index contributed by atoms with van der Waals surface area (Å²) >= 11 is 0. The van der Waals surface area contributed by atoms with Crippen LogP contribution < -0.4 is 9.47 Å². The molecule has 0 saturated carbocycles. The molecular weight excluding hydrogens is 188 g/mol. The summed E-state index contributed by atoms with van der Waals surface area (Å²) in [7, 11) is 0. The first-order chi connectivity index (χ1) is 7.11. The lowest BCUT2D eigenvalue weighted by Gasteiger charge is -2.32. The molecule has 2 heteroatoms. The van der Waals surface area contributed by atoms with Crippen molar-refractivity contribution in [1.82, 2.24) is 0 Å². The molecule has 0 aromatic heterocycles. The second kappa shape index (κ2) is 3.76. The van der Waals surface area contributed by atoms with E-state index in [4.69, 9.17) is 9.47 Å². The zero-order valence-corrected chi connectivity index (χ0v) is 9.67. The third kappa shape index (κ3) is 2.25. The summed E-state index contributed by atoms with van der Waals surface area (Å²) in [6.07, 6.45) is 2.14. The second-order valence-corrected chi connectivity index (χ2v) is 4.56. The lowest BCUT2D eigenvalue weighted by atomic mass is 9.94. The van der Waals surface area contributed by atoms with E-state index >= 15 is 0 Å².